The van der Waals surface area contributed by atoms with E-state index >= 15 is 0 Å². The highest BCUT2D eigenvalue weighted by atomic mass is 35.5. The minimum atomic E-state index is -1.05. The van der Waals surface area contributed by atoms with Crippen molar-refractivity contribution in [2.45, 2.75) is 17.7 Å². The van der Waals surface area contributed by atoms with Crippen LogP contribution in [0.15, 0.2) is 36.4 Å². The highest BCUT2D eigenvalue weighted by molar-refractivity contribution is 8.02. The third-order valence-electron chi connectivity index (χ3n) is 5.25. The molecule has 0 N–H and O–H groups in total. The monoisotopic (exact) mass is 404 g/mol. The molecule has 7 heteroatoms. The van der Waals surface area contributed by atoms with Gasteiger partial charge in [0.05, 0.1) is 21.5 Å². The lowest BCUT2D eigenvalue weighted by atomic mass is 9.98. The molecule has 1 fully saturated rings. The fourth-order valence-corrected chi connectivity index (χ4v) is 5.85. The van der Waals surface area contributed by atoms with Gasteiger partial charge in [-0.25, -0.2) is 0 Å². The van der Waals surface area contributed by atoms with Gasteiger partial charge in [-0.2, -0.15) is 0 Å². The molecule has 0 radical (unpaired) electrons. The molecule has 0 bridgehead atoms. The summed E-state index contributed by atoms with van der Waals surface area (Å²) in [5, 5.41) is 0.786. The van der Waals surface area contributed by atoms with E-state index < -0.39 is 4.87 Å². The first-order chi connectivity index (χ1) is 12.5. The van der Waals surface area contributed by atoms with Gasteiger partial charge in [0.1, 0.15) is 0 Å². The molecule has 3 aliphatic heterocycles. The zero-order valence-electron chi connectivity index (χ0n) is 13.7. The number of fused-ring (bicyclic) bond motifs is 1. The summed E-state index contributed by atoms with van der Waals surface area (Å²) < 4.78 is 0. The van der Waals surface area contributed by atoms with Crippen molar-refractivity contribution in [3.05, 3.63) is 57.6 Å². The Morgan fingerprint density at radius 3 is 2.73 bits per heavy atom. The second kappa shape index (κ2) is 5.65. The molecule has 1 unspecified atom stereocenters. The third kappa shape index (κ3) is 1.99. The van der Waals surface area contributed by atoms with Crippen molar-refractivity contribution in [1.29, 1.82) is 0 Å². The van der Waals surface area contributed by atoms with Gasteiger partial charge >= 0.3 is 0 Å². The summed E-state index contributed by atoms with van der Waals surface area (Å²) in [6, 6.07) is 11.1. The Hall–Kier alpha value is -1.69. The molecule has 3 aliphatic rings. The van der Waals surface area contributed by atoms with E-state index in [0.29, 0.717) is 22.3 Å². The molecule has 1 spiro atoms. The summed E-state index contributed by atoms with van der Waals surface area (Å²) in [4.78, 5) is 28.8. The maximum Gasteiger partial charge on any atom is 0.268 e. The molecular formula is C19H14Cl2N2O2S. The summed E-state index contributed by atoms with van der Waals surface area (Å²) in [5.74, 6) is 0.115. The van der Waals surface area contributed by atoms with Crippen molar-refractivity contribution in [1.82, 2.24) is 0 Å². The molecule has 1 atom stereocenters. The van der Waals surface area contributed by atoms with E-state index in [-0.39, 0.29) is 17.6 Å². The number of hydrogen-bond donors (Lipinski definition) is 0. The average Bonchev–Trinajstić information content (AvgIpc) is 3.11. The number of hydrogen-bond acceptors (Lipinski definition) is 3. The van der Waals surface area contributed by atoms with Crippen molar-refractivity contribution >= 4 is 58.2 Å². The van der Waals surface area contributed by atoms with E-state index in [0.717, 1.165) is 24.1 Å². The van der Waals surface area contributed by atoms with Crippen LogP contribution in [-0.2, 0) is 20.9 Å². The maximum absolute atomic E-state index is 13.5. The van der Waals surface area contributed by atoms with E-state index in [2.05, 4.69) is 6.07 Å². The van der Waals surface area contributed by atoms with E-state index in [9.17, 15) is 9.59 Å². The Morgan fingerprint density at radius 2 is 1.92 bits per heavy atom. The molecule has 0 aliphatic carbocycles. The van der Waals surface area contributed by atoms with Crippen LogP contribution >= 0.6 is 35.0 Å². The number of aryl methyl sites for hydroxylation is 1. The van der Waals surface area contributed by atoms with E-state index in [1.807, 2.05) is 17.0 Å². The maximum atomic E-state index is 13.5. The topological polar surface area (TPSA) is 40.6 Å². The van der Waals surface area contributed by atoms with Gasteiger partial charge in [0.15, 0.2) is 0 Å². The van der Waals surface area contributed by atoms with Crippen LogP contribution in [-0.4, -0.2) is 24.1 Å². The van der Waals surface area contributed by atoms with Crippen LogP contribution in [0.25, 0.3) is 0 Å². The summed E-state index contributed by atoms with van der Waals surface area (Å²) in [6.45, 7) is 0.689. The molecule has 4 nitrogen and oxygen atoms in total. The first-order valence-corrected chi connectivity index (χ1v) is 10.1. The molecule has 1 saturated heterocycles. The second-order valence-corrected chi connectivity index (χ2v) is 8.62. The lowest BCUT2D eigenvalue weighted by Crippen LogP contribution is -2.50. The highest BCUT2D eigenvalue weighted by Crippen LogP contribution is 2.57. The van der Waals surface area contributed by atoms with Gasteiger partial charge < -0.3 is 4.90 Å². The van der Waals surface area contributed by atoms with Crippen LogP contribution < -0.4 is 9.80 Å². The predicted molar refractivity (Wildman–Crippen MR) is 105 cm³/mol. The molecule has 2 aromatic carbocycles. The lowest BCUT2D eigenvalue weighted by Gasteiger charge is -2.33. The summed E-state index contributed by atoms with van der Waals surface area (Å²) in [7, 11) is 0. The second-order valence-electron chi connectivity index (χ2n) is 6.63. The number of halogens is 2. The minimum absolute atomic E-state index is 0.0402. The predicted octanol–water partition coefficient (Wildman–Crippen LogP) is 4.22. The van der Waals surface area contributed by atoms with Gasteiger partial charge in [-0.3, -0.25) is 14.5 Å². The van der Waals surface area contributed by atoms with E-state index in [1.165, 1.54) is 17.3 Å². The standard InChI is InChI=1S/C19H14Cl2N2O2S/c20-14-7-6-12(9-15(14)21)23-16(24)10-26-19(23)13-5-1-3-11-4-2-8-22(17(11)13)18(19)25/h1,3,5-7,9H,2,4,8,10H2. The fraction of sp³-hybridized carbons (Fsp3) is 0.263. The molecule has 132 valence electrons. The van der Waals surface area contributed by atoms with Crippen LogP contribution in [0, 0.1) is 0 Å². The third-order valence-corrected chi connectivity index (χ3v) is 7.37. The summed E-state index contributed by atoms with van der Waals surface area (Å²) in [6.07, 6.45) is 1.89. The molecular weight excluding hydrogens is 391 g/mol. The normalized spacial score (nSPS) is 23.9. The van der Waals surface area contributed by atoms with Gasteiger partial charge in [-0.15, -0.1) is 11.8 Å². The number of nitrogens with zero attached hydrogens (tertiary/aromatic N) is 2. The molecule has 0 aromatic heterocycles. The Balaban J connectivity index is 1.75. The van der Waals surface area contributed by atoms with Crippen molar-refractivity contribution in [3.8, 4) is 0 Å². The Kier molecular flexibility index (Phi) is 3.58. The number of benzene rings is 2. The smallest absolute Gasteiger partial charge is 0.268 e. The Bertz CT molecular complexity index is 980. The van der Waals surface area contributed by atoms with E-state index in [1.54, 1.807) is 23.1 Å². The van der Waals surface area contributed by atoms with Gasteiger partial charge in [0.25, 0.3) is 5.91 Å². The number of carbonyl (C=O) groups is 2. The first kappa shape index (κ1) is 16.5. The van der Waals surface area contributed by atoms with Gasteiger partial charge in [0, 0.05) is 17.8 Å². The molecule has 3 heterocycles. The van der Waals surface area contributed by atoms with Crippen LogP contribution in [0.2, 0.25) is 10.0 Å². The molecule has 5 rings (SSSR count). The molecule has 2 aromatic rings. The number of para-hydroxylation sites is 1. The average molecular weight is 405 g/mol. The SMILES string of the molecule is O=C1CSC2(C(=O)N3CCCc4cccc2c43)N1c1ccc(Cl)c(Cl)c1. The largest absolute Gasteiger partial charge is 0.309 e. The van der Waals surface area contributed by atoms with Crippen molar-refractivity contribution in [3.63, 3.8) is 0 Å². The number of carbonyl (C=O) groups excluding carboxylic acids is 2. The Labute approximate surface area is 165 Å². The van der Waals surface area contributed by atoms with E-state index in [4.69, 9.17) is 23.2 Å². The number of anilines is 2. The quantitative estimate of drug-likeness (QED) is 0.714. The van der Waals surface area contributed by atoms with Crippen LogP contribution in [0.3, 0.4) is 0 Å². The summed E-state index contributed by atoms with van der Waals surface area (Å²) >= 11 is 13.6. The zero-order chi connectivity index (χ0) is 18.1. The fourth-order valence-electron chi connectivity index (χ4n) is 4.20. The zero-order valence-corrected chi connectivity index (χ0v) is 16.0. The highest BCUT2D eigenvalue weighted by Gasteiger charge is 2.61. The minimum Gasteiger partial charge on any atom is -0.309 e. The first-order valence-electron chi connectivity index (χ1n) is 8.40. The van der Waals surface area contributed by atoms with Gasteiger partial charge in [-0.1, -0.05) is 41.4 Å². The molecule has 26 heavy (non-hydrogen) atoms. The number of rotatable bonds is 1. The van der Waals surface area contributed by atoms with Gasteiger partial charge in [0.2, 0.25) is 10.8 Å². The van der Waals surface area contributed by atoms with Crippen molar-refractivity contribution in [2.75, 3.05) is 22.1 Å². The summed E-state index contributed by atoms with van der Waals surface area (Å²) in [5.41, 5.74) is 3.66. The van der Waals surface area contributed by atoms with Crippen LogP contribution in [0.5, 0.6) is 0 Å². The van der Waals surface area contributed by atoms with Crippen molar-refractivity contribution < 1.29 is 9.59 Å². The van der Waals surface area contributed by atoms with Crippen LogP contribution in [0.1, 0.15) is 17.5 Å². The van der Waals surface area contributed by atoms with Gasteiger partial charge in [-0.05, 0) is 36.6 Å². The molecule has 2 amide bonds. The number of amides is 2. The molecule has 0 saturated carbocycles. The Morgan fingerprint density at radius 1 is 1.08 bits per heavy atom. The van der Waals surface area contributed by atoms with Crippen LogP contribution in [0.4, 0.5) is 11.4 Å². The van der Waals surface area contributed by atoms with Crippen molar-refractivity contribution in [2.24, 2.45) is 0 Å². The lowest BCUT2D eigenvalue weighted by molar-refractivity contribution is -0.123. The number of thioether (sulfide) groups is 1.